The highest BCUT2D eigenvalue weighted by molar-refractivity contribution is 5.59. The number of nitrogens with zero attached hydrogens (tertiary/aromatic N) is 2. The van der Waals surface area contributed by atoms with E-state index >= 15 is 0 Å². The zero-order valence-corrected chi connectivity index (χ0v) is 8.59. The van der Waals surface area contributed by atoms with Crippen LogP contribution in [0.25, 0.3) is 11.3 Å². The van der Waals surface area contributed by atoms with Crippen LogP contribution >= 0.6 is 0 Å². The summed E-state index contributed by atoms with van der Waals surface area (Å²) in [6, 6.07) is 3.30. The van der Waals surface area contributed by atoms with Gasteiger partial charge in [-0.05, 0) is 6.07 Å². The van der Waals surface area contributed by atoms with Crippen molar-refractivity contribution in [3.63, 3.8) is 0 Å². The summed E-state index contributed by atoms with van der Waals surface area (Å²) in [6.07, 6.45) is 1.33. The molecule has 0 aliphatic heterocycles. The minimum atomic E-state index is -0.737. The van der Waals surface area contributed by atoms with Gasteiger partial charge in [0.05, 0.1) is 29.3 Å². The Morgan fingerprint density at radius 2 is 2.29 bits per heavy atom. The van der Waals surface area contributed by atoms with Gasteiger partial charge in [-0.1, -0.05) is 0 Å². The Morgan fingerprint density at radius 3 is 2.82 bits per heavy atom. The number of benzene rings is 1. The number of nitro groups is 1. The van der Waals surface area contributed by atoms with Crippen LogP contribution in [0.4, 0.5) is 10.1 Å². The lowest BCUT2D eigenvalue weighted by Crippen LogP contribution is -1.95. The molecule has 0 spiro atoms. The number of hydrogen-bond acceptors (Lipinski definition) is 5. The summed E-state index contributed by atoms with van der Waals surface area (Å²) >= 11 is 0. The van der Waals surface area contributed by atoms with Crippen LogP contribution in [-0.2, 0) is 6.54 Å². The summed E-state index contributed by atoms with van der Waals surface area (Å²) in [5.74, 6) is -0.269. The molecule has 6 nitrogen and oxygen atoms in total. The van der Waals surface area contributed by atoms with Crippen LogP contribution in [0.5, 0.6) is 0 Å². The monoisotopic (exact) mass is 237 g/mol. The van der Waals surface area contributed by atoms with E-state index in [0.717, 1.165) is 6.07 Å². The summed E-state index contributed by atoms with van der Waals surface area (Å²) in [7, 11) is 0. The van der Waals surface area contributed by atoms with Gasteiger partial charge in [0.1, 0.15) is 5.82 Å². The number of aromatic nitrogens is 1. The second-order valence-electron chi connectivity index (χ2n) is 3.24. The highest BCUT2D eigenvalue weighted by Crippen LogP contribution is 2.26. The van der Waals surface area contributed by atoms with Gasteiger partial charge < -0.3 is 10.2 Å². The van der Waals surface area contributed by atoms with Crippen LogP contribution in [0.2, 0.25) is 0 Å². The van der Waals surface area contributed by atoms with Crippen LogP contribution in [0, 0.1) is 15.9 Å². The molecule has 88 valence electrons. The lowest BCUT2D eigenvalue weighted by molar-refractivity contribution is -0.385. The first-order chi connectivity index (χ1) is 8.11. The van der Waals surface area contributed by atoms with Gasteiger partial charge in [-0.15, -0.1) is 0 Å². The van der Waals surface area contributed by atoms with E-state index in [1.54, 1.807) is 0 Å². The molecule has 0 fully saturated rings. The maximum absolute atomic E-state index is 13.6. The summed E-state index contributed by atoms with van der Waals surface area (Å²) in [6.45, 7) is 0.106. The van der Waals surface area contributed by atoms with Gasteiger partial charge in [0.25, 0.3) is 5.69 Å². The Kier molecular flexibility index (Phi) is 2.84. The van der Waals surface area contributed by atoms with Gasteiger partial charge in [-0.3, -0.25) is 10.1 Å². The predicted molar refractivity (Wildman–Crippen MR) is 56.4 cm³/mol. The van der Waals surface area contributed by atoms with Crippen molar-refractivity contribution in [3.8, 4) is 11.3 Å². The molecule has 0 aliphatic carbocycles. The Morgan fingerprint density at radius 1 is 1.53 bits per heavy atom. The molecule has 0 atom stereocenters. The summed E-state index contributed by atoms with van der Waals surface area (Å²) < 4.78 is 18.7. The average molecular weight is 237 g/mol. The fourth-order valence-corrected chi connectivity index (χ4v) is 1.35. The number of oxazole rings is 1. The number of non-ortho nitro benzene ring substituents is 1. The molecule has 17 heavy (non-hydrogen) atoms. The normalized spacial score (nSPS) is 10.5. The second kappa shape index (κ2) is 4.30. The third kappa shape index (κ3) is 2.13. The highest BCUT2D eigenvalue weighted by atomic mass is 19.1. The molecule has 0 unspecified atom stereocenters. The van der Waals surface area contributed by atoms with E-state index < -0.39 is 10.7 Å². The van der Waals surface area contributed by atoms with Crippen LogP contribution in [0.15, 0.2) is 28.8 Å². The van der Waals surface area contributed by atoms with Crippen molar-refractivity contribution < 1.29 is 13.7 Å². The minimum absolute atomic E-state index is 0.106. The topological polar surface area (TPSA) is 95.2 Å². The van der Waals surface area contributed by atoms with E-state index in [2.05, 4.69) is 4.98 Å². The van der Waals surface area contributed by atoms with Crippen molar-refractivity contribution >= 4 is 5.69 Å². The molecule has 0 aliphatic rings. The number of nitrogens with two attached hydrogens (primary N) is 1. The van der Waals surface area contributed by atoms with Gasteiger partial charge in [0, 0.05) is 6.07 Å². The number of rotatable bonds is 3. The lowest BCUT2D eigenvalue weighted by Gasteiger charge is -1.98. The van der Waals surface area contributed by atoms with E-state index in [-0.39, 0.29) is 29.4 Å². The van der Waals surface area contributed by atoms with E-state index in [1.165, 1.54) is 18.3 Å². The summed E-state index contributed by atoms with van der Waals surface area (Å²) in [4.78, 5) is 13.6. The summed E-state index contributed by atoms with van der Waals surface area (Å²) in [5.41, 5.74) is 5.10. The van der Waals surface area contributed by atoms with Crippen LogP contribution in [0.1, 0.15) is 5.89 Å². The van der Waals surface area contributed by atoms with Crippen molar-refractivity contribution in [2.45, 2.75) is 6.54 Å². The van der Waals surface area contributed by atoms with E-state index in [1.807, 2.05) is 0 Å². The van der Waals surface area contributed by atoms with Crippen molar-refractivity contribution in [3.05, 3.63) is 46.2 Å². The van der Waals surface area contributed by atoms with Crippen molar-refractivity contribution in [2.24, 2.45) is 5.73 Å². The van der Waals surface area contributed by atoms with Gasteiger partial charge in [-0.25, -0.2) is 9.37 Å². The van der Waals surface area contributed by atoms with E-state index in [0.29, 0.717) is 0 Å². The molecule has 2 rings (SSSR count). The molecule has 0 amide bonds. The Labute approximate surface area is 95.0 Å². The largest absolute Gasteiger partial charge is 0.439 e. The van der Waals surface area contributed by atoms with Gasteiger partial charge in [0.2, 0.25) is 5.89 Å². The Bertz CT molecular complexity index is 568. The van der Waals surface area contributed by atoms with Gasteiger partial charge in [-0.2, -0.15) is 0 Å². The first-order valence-corrected chi connectivity index (χ1v) is 4.71. The number of nitro benzene ring substituents is 1. The third-order valence-corrected chi connectivity index (χ3v) is 2.16. The van der Waals surface area contributed by atoms with Gasteiger partial charge >= 0.3 is 0 Å². The maximum atomic E-state index is 13.6. The smallest absolute Gasteiger partial charge is 0.272 e. The minimum Gasteiger partial charge on any atom is -0.439 e. The molecule has 2 N–H and O–H groups in total. The van der Waals surface area contributed by atoms with Crippen molar-refractivity contribution in [1.82, 2.24) is 4.98 Å². The SMILES string of the molecule is NCc1ncc(-c2ccc([N+](=O)[O-])cc2F)o1. The fraction of sp³-hybridized carbons (Fsp3) is 0.100. The third-order valence-electron chi connectivity index (χ3n) is 2.16. The molecule has 2 aromatic rings. The lowest BCUT2D eigenvalue weighted by atomic mass is 10.1. The zero-order valence-electron chi connectivity index (χ0n) is 8.59. The summed E-state index contributed by atoms with van der Waals surface area (Å²) in [5, 5.41) is 10.4. The molecular weight excluding hydrogens is 229 g/mol. The highest BCUT2D eigenvalue weighted by Gasteiger charge is 2.14. The Balaban J connectivity index is 2.42. The standard InChI is InChI=1S/C10H8FN3O3/c11-8-3-6(14(15)16)1-2-7(8)9-5-13-10(4-12)17-9/h1-3,5H,4,12H2. The van der Waals surface area contributed by atoms with Crippen molar-refractivity contribution in [2.75, 3.05) is 0 Å². The number of hydrogen-bond donors (Lipinski definition) is 1. The molecule has 1 aromatic carbocycles. The molecule has 0 bridgehead atoms. The van der Waals surface area contributed by atoms with Gasteiger partial charge in [0.15, 0.2) is 5.76 Å². The predicted octanol–water partition coefficient (Wildman–Crippen LogP) is 1.85. The fourth-order valence-electron chi connectivity index (χ4n) is 1.35. The molecule has 1 heterocycles. The Hall–Kier alpha value is -2.28. The molecule has 0 saturated carbocycles. The van der Waals surface area contributed by atoms with Crippen molar-refractivity contribution in [1.29, 1.82) is 0 Å². The van der Waals surface area contributed by atoms with Crippen LogP contribution in [-0.4, -0.2) is 9.91 Å². The number of halogens is 1. The van der Waals surface area contributed by atoms with E-state index in [9.17, 15) is 14.5 Å². The molecule has 0 radical (unpaired) electrons. The molecular formula is C10H8FN3O3. The zero-order chi connectivity index (χ0) is 12.4. The quantitative estimate of drug-likeness (QED) is 0.649. The second-order valence-corrected chi connectivity index (χ2v) is 3.24. The van der Waals surface area contributed by atoms with Crippen LogP contribution < -0.4 is 5.73 Å². The van der Waals surface area contributed by atoms with E-state index in [4.69, 9.17) is 10.2 Å². The first-order valence-electron chi connectivity index (χ1n) is 4.71. The first kappa shape index (κ1) is 11.2. The van der Waals surface area contributed by atoms with Crippen LogP contribution in [0.3, 0.4) is 0 Å². The molecule has 0 saturated heterocycles. The average Bonchev–Trinajstić information content (AvgIpc) is 2.77. The molecule has 1 aromatic heterocycles. The maximum Gasteiger partial charge on any atom is 0.272 e. The molecule has 7 heteroatoms.